The van der Waals surface area contributed by atoms with Crippen LogP contribution in [0.4, 0.5) is 16.4 Å². The molecule has 0 bridgehead atoms. The number of hydrogen-bond acceptors (Lipinski definition) is 6. The van der Waals surface area contributed by atoms with Gasteiger partial charge in [0, 0.05) is 31.9 Å². The highest BCUT2D eigenvalue weighted by molar-refractivity contribution is 5.88. The molecular weight excluding hydrogens is 298 g/mol. The summed E-state index contributed by atoms with van der Waals surface area (Å²) in [6, 6.07) is 5.23. The quantitative estimate of drug-likeness (QED) is 0.888. The molecule has 122 valence electrons. The summed E-state index contributed by atoms with van der Waals surface area (Å²) in [6.07, 6.45) is 1.77. The van der Waals surface area contributed by atoms with E-state index >= 15 is 0 Å². The van der Waals surface area contributed by atoms with E-state index in [9.17, 15) is 4.79 Å². The fraction of sp³-hybridized carbons (Fsp3) is 0.400. The predicted octanol–water partition coefficient (Wildman–Crippen LogP) is 1.54. The normalized spacial score (nSPS) is 14.6. The van der Waals surface area contributed by atoms with Crippen molar-refractivity contribution in [2.45, 2.75) is 13.5 Å². The number of rotatable bonds is 4. The molecule has 23 heavy (non-hydrogen) atoms. The maximum Gasteiger partial charge on any atom is 0.320 e. The second-order valence-electron chi connectivity index (χ2n) is 5.25. The van der Waals surface area contributed by atoms with Crippen molar-refractivity contribution >= 4 is 17.7 Å². The van der Waals surface area contributed by atoms with Crippen LogP contribution in [-0.4, -0.2) is 42.5 Å². The Morgan fingerprint density at radius 1 is 1.35 bits per heavy atom. The maximum atomic E-state index is 11.8. The number of carbonyl (C=O) groups excluding carboxylic acids is 1. The number of nitrogens with one attached hydrogen (secondary N) is 2. The molecule has 1 aliphatic heterocycles. The lowest BCUT2D eigenvalue weighted by Gasteiger charge is -2.27. The molecule has 0 saturated carbocycles. The van der Waals surface area contributed by atoms with Crippen LogP contribution < -0.4 is 15.5 Å². The molecule has 0 unspecified atom stereocenters. The van der Waals surface area contributed by atoms with Crippen molar-refractivity contribution < 1.29 is 14.1 Å². The number of carbonyl (C=O) groups is 1. The summed E-state index contributed by atoms with van der Waals surface area (Å²) in [4.78, 5) is 18.4. The average molecular weight is 317 g/mol. The molecule has 0 atom stereocenters. The Morgan fingerprint density at radius 3 is 2.83 bits per heavy atom. The number of ether oxygens (including phenoxy) is 1. The Morgan fingerprint density at radius 2 is 2.17 bits per heavy atom. The summed E-state index contributed by atoms with van der Waals surface area (Å²) in [5, 5.41) is 9.05. The summed E-state index contributed by atoms with van der Waals surface area (Å²) in [7, 11) is 0. The fourth-order valence-corrected chi connectivity index (χ4v) is 2.27. The van der Waals surface area contributed by atoms with Gasteiger partial charge in [-0.05, 0) is 18.6 Å². The van der Waals surface area contributed by atoms with Gasteiger partial charge in [0.05, 0.1) is 13.2 Å². The summed E-state index contributed by atoms with van der Waals surface area (Å²) in [6.45, 7) is 5.31. The van der Waals surface area contributed by atoms with E-state index in [1.165, 1.54) is 0 Å². The third-order valence-corrected chi connectivity index (χ3v) is 3.47. The van der Waals surface area contributed by atoms with Crippen LogP contribution in [0.2, 0.25) is 0 Å². The number of aromatic nitrogens is 2. The van der Waals surface area contributed by atoms with Gasteiger partial charge < -0.3 is 19.5 Å². The van der Waals surface area contributed by atoms with Gasteiger partial charge in [-0.25, -0.2) is 9.78 Å². The van der Waals surface area contributed by atoms with Crippen LogP contribution in [0.1, 0.15) is 11.3 Å². The van der Waals surface area contributed by atoms with Gasteiger partial charge in [0.1, 0.15) is 11.6 Å². The molecule has 8 nitrogen and oxygen atoms in total. The zero-order valence-corrected chi connectivity index (χ0v) is 12.9. The van der Waals surface area contributed by atoms with Crippen molar-refractivity contribution in [1.82, 2.24) is 15.5 Å². The van der Waals surface area contributed by atoms with Crippen molar-refractivity contribution in [3.63, 3.8) is 0 Å². The number of pyridine rings is 1. The van der Waals surface area contributed by atoms with Crippen molar-refractivity contribution in [1.29, 1.82) is 0 Å². The lowest BCUT2D eigenvalue weighted by Crippen LogP contribution is -2.36. The van der Waals surface area contributed by atoms with Crippen LogP contribution in [0.3, 0.4) is 0 Å². The van der Waals surface area contributed by atoms with E-state index in [-0.39, 0.29) is 6.03 Å². The van der Waals surface area contributed by atoms with Crippen LogP contribution in [0.15, 0.2) is 28.9 Å². The van der Waals surface area contributed by atoms with Crippen molar-refractivity contribution in [3.8, 4) is 0 Å². The van der Waals surface area contributed by atoms with Crippen LogP contribution in [0, 0.1) is 6.92 Å². The molecular formula is C15H19N5O3. The van der Waals surface area contributed by atoms with Crippen LogP contribution in [-0.2, 0) is 11.3 Å². The van der Waals surface area contributed by atoms with E-state index in [0.717, 1.165) is 37.7 Å². The molecule has 0 aliphatic carbocycles. The highest BCUT2D eigenvalue weighted by Crippen LogP contribution is 2.13. The number of aryl methyl sites for hydroxylation is 1. The number of urea groups is 1. The SMILES string of the molecule is Cc1cc(NC(=O)NCc2ccc(N3CCOCC3)nc2)no1. The van der Waals surface area contributed by atoms with E-state index < -0.39 is 0 Å². The highest BCUT2D eigenvalue weighted by atomic mass is 16.5. The fourth-order valence-electron chi connectivity index (χ4n) is 2.27. The molecule has 2 N–H and O–H groups in total. The van der Waals surface area contributed by atoms with E-state index in [4.69, 9.17) is 9.26 Å². The molecule has 3 heterocycles. The second kappa shape index (κ2) is 7.10. The zero-order chi connectivity index (χ0) is 16.1. The van der Waals surface area contributed by atoms with Crippen LogP contribution in [0.25, 0.3) is 0 Å². The van der Waals surface area contributed by atoms with Gasteiger partial charge in [0.15, 0.2) is 5.82 Å². The van der Waals surface area contributed by atoms with Gasteiger partial charge in [-0.2, -0.15) is 0 Å². The number of morpholine rings is 1. The average Bonchev–Trinajstić information content (AvgIpc) is 2.99. The Kier molecular flexibility index (Phi) is 4.72. The molecule has 2 amide bonds. The van der Waals surface area contributed by atoms with Gasteiger partial charge in [0.25, 0.3) is 0 Å². The molecule has 0 radical (unpaired) electrons. The molecule has 3 rings (SSSR count). The first-order chi connectivity index (χ1) is 11.2. The van der Waals surface area contributed by atoms with Gasteiger partial charge in [0.2, 0.25) is 0 Å². The van der Waals surface area contributed by atoms with E-state index in [1.807, 2.05) is 12.1 Å². The molecule has 0 spiro atoms. The first-order valence-corrected chi connectivity index (χ1v) is 7.46. The van der Waals surface area contributed by atoms with Gasteiger partial charge >= 0.3 is 6.03 Å². The minimum Gasteiger partial charge on any atom is -0.378 e. The van der Waals surface area contributed by atoms with E-state index in [0.29, 0.717) is 18.1 Å². The van der Waals surface area contributed by atoms with Crippen molar-refractivity contribution in [2.24, 2.45) is 0 Å². The highest BCUT2D eigenvalue weighted by Gasteiger charge is 2.12. The van der Waals surface area contributed by atoms with E-state index in [1.54, 1.807) is 19.2 Å². The third-order valence-electron chi connectivity index (χ3n) is 3.47. The molecule has 2 aromatic rings. The minimum atomic E-state index is -0.337. The third kappa shape index (κ3) is 4.19. The Hall–Kier alpha value is -2.61. The Labute approximate surface area is 133 Å². The minimum absolute atomic E-state index is 0.337. The Bertz CT molecular complexity index is 649. The first-order valence-electron chi connectivity index (χ1n) is 7.46. The second-order valence-corrected chi connectivity index (χ2v) is 5.25. The number of hydrogen-bond donors (Lipinski definition) is 2. The molecule has 0 aromatic carbocycles. The van der Waals surface area contributed by atoms with Crippen LogP contribution >= 0.6 is 0 Å². The summed E-state index contributed by atoms with van der Waals surface area (Å²) < 4.78 is 10.2. The van der Waals surface area contributed by atoms with Gasteiger partial charge in [-0.1, -0.05) is 11.2 Å². The first kappa shape index (κ1) is 15.3. The van der Waals surface area contributed by atoms with Crippen molar-refractivity contribution in [2.75, 3.05) is 36.5 Å². The number of nitrogens with zero attached hydrogens (tertiary/aromatic N) is 3. The largest absolute Gasteiger partial charge is 0.378 e. The summed E-state index contributed by atoms with van der Waals surface area (Å²) >= 11 is 0. The number of anilines is 2. The molecule has 1 saturated heterocycles. The Balaban J connectivity index is 1.49. The number of amides is 2. The molecule has 1 aliphatic rings. The zero-order valence-electron chi connectivity index (χ0n) is 12.9. The molecule has 2 aromatic heterocycles. The monoisotopic (exact) mass is 317 g/mol. The van der Waals surface area contributed by atoms with Gasteiger partial charge in [-0.3, -0.25) is 5.32 Å². The molecule has 1 fully saturated rings. The maximum absolute atomic E-state index is 11.8. The lowest BCUT2D eigenvalue weighted by atomic mass is 10.2. The van der Waals surface area contributed by atoms with E-state index in [2.05, 4.69) is 25.7 Å². The summed E-state index contributed by atoms with van der Waals surface area (Å²) in [5.74, 6) is 1.96. The smallest absolute Gasteiger partial charge is 0.320 e. The van der Waals surface area contributed by atoms with Crippen LogP contribution in [0.5, 0.6) is 0 Å². The lowest BCUT2D eigenvalue weighted by molar-refractivity contribution is 0.122. The standard InChI is InChI=1S/C15H19N5O3/c1-11-8-13(19-23-11)18-15(21)17-10-12-2-3-14(16-9-12)20-4-6-22-7-5-20/h2-3,8-9H,4-7,10H2,1H3,(H2,17,18,19,21). The topological polar surface area (TPSA) is 92.5 Å². The van der Waals surface area contributed by atoms with Gasteiger partial charge in [-0.15, -0.1) is 0 Å². The van der Waals surface area contributed by atoms with Crippen molar-refractivity contribution in [3.05, 3.63) is 35.7 Å². The summed E-state index contributed by atoms with van der Waals surface area (Å²) in [5.41, 5.74) is 0.925. The molecule has 8 heteroatoms. The predicted molar refractivity (Wildman–Crippen MR) is 84.4 cm³/mol.